The lowest BCUT2D eigenvalue weighted by atomic mass is 9.86. The van der Waals surface area contributed by atoms with Crippen LogP contribution >= 0.6 is 0 Å². The summed E-state index contributed by atoms with van der Waals surface area (Å²) < 4.78 is 2.41. The summed E-state index contributed by atoms with van der Waals surface area (Å²) in [7, 11) is 0. The molecule has 0 saturated carbocycles. The van der Waals surface area contributed by atoms with Crippen LogP contribution in [0.4, 0.5) is 0 Å². The first-order valence-corrected chi connectivity index (χ1v) is 18.1. The van der Waals surface area contributed by atoms with E-state index in [0.717, 1.165) is 44.5 Å². The molecular weight excluding hydrogens is 647 g/mol. The number of benzene rings is 6. The molecule has 8 aromatic rings. The largest absolute Gasteiger partial charge is 0.308 e. The highest BCUT2D eigenvalue weighted by Gasteiger charge is 2.24. The summed E-state index contributed by atoms with van der Waals surface area (Å²) >= 11 is 0. The third-order valence-corrected chi connectivity index (χ3v) is 10.0. The van der Waals surface area contributed by atoms with Crippen LogP contribution in [0.5, 0.6) is 0 Å². The maximum absolute atomic E-state index is 9.53. The van der Waals surface area contributed by atoms with Gasteiger partial charge in [0.25, 0.3) is 0 Å². The van der Waals surface area contributed by atoms with Gasteiger partial charge in [-0.1, -0.05) is 145 Å². The highest BCUT2D eigenvalue weighted by molar-refractivity contribution is 6.10. The van der Waals surface area contributed by atoms with E-state index < -0.39 is 0 Å². The Morgan fingerprint density at radius 2 is 0.943 bits per heavy atom. The second-order valence-electron chi connectivity index (χ2n) is 15.8. The molecule has 258 valence electrons. The Morgan fingerprint density at radius 1 is 0.472 bits per heavy atom. The van der Waals surface area contributed by atoms with Crippen molar-refractivity contribution in [1.29, 1.82) is 5.26 Å². The average molecular weight is 688 g/mol. The lowest BCUT2D eigenvalue weighted by Gasteiger charge is -2.21. The van der Waals surface area contributed by atoms with Crippen LogP contribution in [-0.2, 0) is 10.8 Å². The summed E-state index contributed by atoms with van der Waals surface area (Å²) in [6.45, 7) is 13.6. The minimum absolute atomic E-state index is 0.0530. The summed E-state index contributed by atoms with van der Waals surface area (Å²) in [5, 5.41) is 11.9. The molecule has 2 aromatic heterocycles. The monoisotopic (exact) mass is 687 g/mol. The van der Waals surface area contributed by atoms with Crippen molar-refractivity contribution in [2.24, 2.45) is 0 Å². The first-order chi connectivity index (χ1) is 25.5. The number of fused-ring (bicyclic) bond motifs is 3. The Hall–Kier alpha value is -6.38. The van der Waals surface area contributed by atoms with Gasteiger partial charge in [0.15, 0.2) is 17.5 Å². The third kappa shape index (κ3) is 6.38. The molecule has 0 aliphatic carbocycles. The minimum atomic E-state index is -0.0530. The molecule has 6 aromatic carbocycles. The van der Waals surface area contributed by atoms with Crippen molar-refractivity contribution in [3.63, 3.8) is 0 Å². The molecule has 0 atom stereocenters. The van der Waals surface area contributed by atoms with E-state index in [9.17, 15) is 5.26 Å². The van der Waals surface area contributed by atoms with Crippen LogP contribution in [-0.4, -0.2) is 19.5 Å². The van der Waals surface area contributed by atoms with Crippen molar-refractivity contribution in [2.45, 2.75) is 52.4 Å². The van der Waals surface area contributed by atoms with E-state index in [-0.39, 0.29) is 10.8 Å². The predicted octanol–water partition coefficient (Wildman–Crippen LogP) is 12.1. The zero-order valence-electron chi connectivity index (χ0n) is 31.0. The van der Waals surface area contributed by atoms with Crippen LogP contribution in [0.2, 0.25) is 0 Å². The Balaban J connectivity index is 1.49. The third-order valence-electron chi connectivity index (χ3n) is 10.0. The summed E-state index contributed by atoms with van der Waals surface area (Å²) in [6, 6.07) is 50.5. The molecule has 0 N–H and O–H groups in total. The van der Waals surface area contributed by atoms with Gasteiger partial charge in [0.2, 0.25) is 0 Å². The molecule has 0 fully saturated rings. The Bertz CT molecular complexity index is 2540. The molecule has 0 unspecified atom stereocenters. The second kappa shape index (κ2) is 13.0. The zero-order valence-corrected chi connectivity index (χ0v) is 31.0. The molecule has 0 amide bonds. The fourth-order valence-electron chi connectivity index (χ4n) is 6.96. The molecule has 8 rings (SSSR count). The number of nitriles is 1. The first kappa shape index (κ1) is 33.7. The maximum Gasteiger partial charge on any atom is 0.166 e. The minimum Gasteiger partial charge on any atom is -0.308 e. The molecular formula is C48H41N5. The molecule has 53 heavy (non-hydrogen) atoms. The van der Waals surface area contributed by atoms with Gasteiger partial charge in [-0.05, 0) is 69.5 Å². The van der Waals surface area contributed by atoms with Crippen molar-refractivity contribution in [2.75, 3.05) is 0 Å². The van der Waals surface area contributed by atoms with Gasteiger partial charge in [-0.3, -0.25) is 0 Å². The summed E-state index contributed by atoms with van der Waals surface area (Å²) in [6.07, 6.45) is 0. The Labute approximate surface area is 311 Å². The average Bonchev–Trinajstić information content (AvgIpc) is 3.50. The van der Waals surface area contributed by atoms with Gasteiger partial charge < -0.3 is 4.57 Å². The van der Waals surface area contributed by atoms with Crippen LogP contribution in [0.15, 0.2) is 140 Å². The normalized spacial score (nSPS) is 11.9. The second-order valence-corrected chi connectivity index (χ2v) is 15.8. The molecule has 0 aliphatic heterocycles. The van der Waals surface area contributed by atoms with E-state index in [1.807, 2.05) is 84.9 Å². The molecule has 5 nitrogen and oxygen atoms in total. The van der Waals surface area contributed by atoms with Crippen LogP contribution in [0.25, 0.3) is 72.8 Å². The quantitative estimate of drug-likeness (QED) is 0.181. The van der Waals surface area contributed by atoms with Gasteiger partial charge in [0.05, 0.1) is 28.4 Å². The molecule has 0 radical (unpaired) electrons. The molecule has 2 heterocycles. The van der Waals surface area contributed by atoms with Crippen LogP contribution in [0, 0.1) is 11.3 Å². The van der Waals surface area contributed by atoms with Gasteiger partial charge in [0, 0.05) is 27.5 Å². The van der Waals surface area contributed by atoms with E-state index in [1.54, 1.807) is 0 Å². The fraction of sp³-hybridized carbons (Fsp3) is 0.167. The number of nitrogens with zero attached hydrogens (tertiary/aromatic N) is 5. The predicted molar refractivity (Wildman–Crippen MR) is 218 cm³/mol. The first-order valence-electron chi connectivity index (χ1n) is 18.1. The molecule has 0 bridgehead atoms. The summed E-state index contributed by atoms with van der Waals surface area (Å²) in [5.41, 5.74) is 11.0. The lowest BCUT2D eigenvalue weighted by Crippen LogP contribution is -2.11. The van der Waals surface area contributed by atoms with Crippen LogP contribution in [0.3, 0.4) is 0 Å². The van der Waals surface area contributed by atoms with E-state index in [1.165, 1.54) is 21.9 Å². The maximum atomic E-state index is 9.53. The number of rotatable bonds is 5. The van der Waals surface area contributed by atoms with Crippen LogP contribution in [0.1, 0.15) is 58.2 Å². The van der Waals surface area contributed by atoms with Crippen molar-refractivity contribution in [1.82, 2.24) is 19.5 Å². The van der Waals surface area contributed by atoms with Gasteiger partial charge in [-0.15, -0.1) is 0 Å². The van der Waals surface area contributed by atoms with Crippen molar-refractivity contribution in [3.8, 4) is 57.0 Å². The van der Waals surface area contributed by atoms with E-state index >= 15 is 0 Å². The Morgan fingerprint density at radius 3 is 1.42 bits per heavy atom. The van der Waals surface area contributed by atoms with Gasteiger partial charge in [-0.2, -0.15) is 5.26 Å². The molecule has 0 spiro atoms. The smallest absolute Gasteiger partial charge is 0.166 e. The van der Waals surface area contributed by atoms with E-state index in [0.29, 0.717) is 23.0 Å². The SMILES string of the molecule is CC(C)(C)c1ccc2c3ccc(C(C)(C)C)cc3n(-c3cc(-c4ccc(C#N)cc4)ccc3-c3nc(-c4ccccc4)nc(-c4ccccc4)n3)c2c1. The lowest BCUT2D eigenvalue weighted by molar-refractivity contribution is 0.591. The van der Waals surface area contributed by atoms with E-state index in [4.69, 9.17) is 15.0 Å². The highest BCUT2D eigenvalue weighted by atomic mass is 15.1. The fourth-order valence-corrected chi connectivity index (χ4v) is 6.96. The van der Waals surface area contributed by atoms with Crippen molar-refractivity contribution < 1.29 is 0 Å². The van der Waals surface area contributed by atoms with Gasteiger partial charge in [0.1, 0.15) is 0 Å². The standard InChI is InChI=1S/C48H41N5/c1-47(2,3)36-22-25-38-39-26-23-37(48(4,5)6)29-43(39)53(42(38)28-36)41-27-35(32-19-17-31(30-49)18-20-32)21-24-40(41)46-51-44(33-13-9-7-10-14-33)50-45(52-46)34-15-11-8-12-16-34/h7-29H,1-6H3. The number of hydrogen-bond acceptors (Lipinski definition) is 4. The van der Waals surface area contributed by atoms with Crippen molar-refractivity contribution in [3.05, 3.63) is 156 Å². The molecule has 0 saturated heterocycles. The van der Waals surface area contributed by atoms with E-state index in [2.05, 4.69) is 107 Å². The van der Waals surface area contributed by atoms with Crippen molar-refractivity contribution >= 4 is 21.8 Å². The number of hydrogen-bond donors (Lipinski definition) is 0. The van der Waals surface area contributed by atoms with Gasteiger partial charge >= 0.3 is 0 Å². The Kier molecular flexibility index (Phi) is 8.27. The molecule has 5 heteroatoms. The molecule has 0 aliphatic rings. The topological polar surface area (TPSA) is 67.4 Å². The highest BCUT2D eigenvalue weighted by Crippen LogP contribution is 2.41. The number of aromatic nitrogens is 4. The zero-order chi connectivity index (χ0) is 36.9. The van der Waals surface area contributed by atoms with Gasteiger partial charge in [-0.25, -0.2) is 15.0 Å². The summed E-state index contributed by atoms with van der Waals surface area (Å²) in [4.78, 5) is 15.4. The summed E-state index contributed by atoms with van der Waals surface area (Å²) in [5.74, 6) is 1.82. The van der Waals surface area contributed by atoms with Crippen LogP contribution < -0.4 is 0 Å².